The molecule has 2 heterocycles. The topological polar surface area (TPSA) is 29.0 Å². The molecular formula is C17H29N3. The van der Waals surface area contributed by atoms with Gasteiger partial charge in [0.2, 0.25) is 0 Å². The molecule has 3 nitrogen and oxygen atoms in total. The predicted octanol–water partition coefficient (Wildman–Crippen LogP) is 3.80. The number of rotatable bonds is 1. The third-order valence-corrected chi connectivity index (χ3v) is 3.92. The highest BCUT2D eigenvalue weighted by Crippen LogP contribution is 2.34. The molecule has 1 aromatic rings. The largest absolute Gasteiger partial charge is 0.291 e. The Hall–Kier alpha value is -0.960. The van der Waals surface area contributed by atoms with Crippen molar-refractivity contribution in [1.29, 1.82) is 0 Å². The number of nitrogens with zero attached hydrogens (tertiary/aromatic N) is 3. The number of hydrogen-bond donors (Lipinski definition) is 0. The highest BCUT2D eigenvalue weighted by atomic mass is 15.2. The summed E-state index contributed by atoms with van der Waals surface area (Å²) in [5.74, 6) is 0.979. The summed E-state index contributed by atoms with van der Waals surface area (Å²) in [5, 5.41) is 0. The van der Waals surface area contributed by atoms with Crippen molar-refractivity contribution in [3.8, 4) is 0 Å². The molecule has 0 spiro atoms. The van der Waals surface area contributed by atoms with Crippen LogP contribution in [0.4, 0.5) is 0 Å². The van der Waals surface area contributed by atoms with Gasteiger partial charge in [-0.3, -0.25) is 4.90 Å². The molecule has 0 fully saturated rings. The molecule has 20 heavy (non-hydrogen) atoms. The Balaban J connectivity index is 2.56. The average molecular weight is 275 g/mol. The standard InChI is InChI=1S/C17H29N3/c1-11(2)20-9-12-13(10-20)18-15(17(6,7)8)19-14(12)16(3,4)5/h11H,9-10H2,1-8H3. The monoisotopic (exact) mass is 275 g/mol. The number of hydrogen-bond acceptors (Lipinski definition) is 3. The van der Waals surface area contributed by atoms with Gasteiger partial charge in [-0.15, -0.1) is 0 Å². The van der Waals surface area contributed by atoms with E-state index in [0.29, 0.717) is 6.04 Å². The number of fused-ring (bicyclic) bond motifs is 1. The second kappa shape index (κ2) is 4.80. The summed E-state index contributed by atoms with van der Waals surface area (Å²) in [6.07, 6.45) is 0. The van der Waals surface area contributed by atoms with Crippen molar-refractivity contribution >= 4 is 0 Å². The Bertz CT molecular complexity index is 504. The van der Waals surface area contributed by atoms with Crippen molar-refractivity contribution < 1.29 is 0 Å². The zero-order chi connectivity index (χ0) is 15.3. The molecule has 0 aromatic carbocycles. The Labute approximate surface area is 123 Å². The zero-order valence-corrected chi connectivity index (χ0v) is 14.3. The summed E-state index contributed by atoms with van der Waals surface area (Å²) in [4.78, 5) is 12.3. The smallest absolute Gasteiger partial charge is 0.134 e. The lowest BCUT2D eigenvalue weighted by Crippen LogP contribution is -2.25. The first kappa shape index (κ1) is 15.4. The van der Waals surface area contributed by atoms with Crippen LogP contribution in [0.25, 0.3) is 0 Å². The molecule has 0 radical (unpaired) electrons. The molecule has 3 heteroatoms. The van der Waals surface area contributed by atoms with E-state index in [2.05, 4.69) is 60.3 Å². The minimum absolute atomic E-state index is 0.000278. The minimum atomic E-state index is 0.000278. The van der Waals surface area contributed by atoms with Gasteiger partial charge in [0.15, 0.2) is 0 Å². The van der Waals surface area contributed by atoms with Gasteiger partial charge in [-0.1, -0.05) is 41.5 Å². The summed E-state index contributed by atoms with van der Waals surface area (Å²) in [6, 6.07) is 0.551. The van der Waals surface area contributed by atoms with E-state index in [1.54, 1.807) is 0 Å². The Kier molecular flexibility index (Phi) is 3.70. The van der Waals surface area contributed by atoms with Gasteiger partial charge in [-0.05, 0) is 13.8 Å². The van der Waals surface area contributed by atoms with E-state index in [9.17, 15) is 0 Å². The van der Waals surface area contributed by atoms with Crippen LogP contribution in [0.2, 0.25) is 0 Å². The average Bonchev–Trinajstić information content (AvgIpc) is 2.68. The van der Waals surface area contributed by atoms with Crippen LogP contribution in [0.5, 0.6) is 0 Å². The molecule has 0 unspecified atom stereocenters. The van der Waals surface area contributed by atoms with Gasteiger partial charge in [0.05, 0.1) is 11.4 Å². The first-order chi connectivity index (χ1) is 9.00. The van der Waals surface area contributed by atoms with Crippen LogP contribution in [-0.2, 0) is 23.9 Å². The van der Waals surface area contributed by atoms with E-state index < -0.39 is 0 Å². The molecule has 2 rings (SSSR count). The molecule has 1 aromatic heterocycles. The second-order valence-electron chi connectivity index (χ2n) is 8.32. The molecule has 0 saturated carbocycles. The third kappa shape index (κ3) is 2.88. The molecule has 0 atom stereocenters. The van der Waals surface area contributed by atoms with Gasteiger partial charge in [0.25, 0.3) is 0 Å². The fourth-order valence-corrected chi connectivity index (χ4v) is 2.60. The molecule has 0 saturated heterocycles. The maximum absolute atomic E-state index is 4.94. The lowest BCUT2D eigenvalue weighted by molar-refractivity contribution is 0.225. The Morgan fingerprint density at radius 3 is 1.95 bits per heavy atom. The first-order valence-electron chi connectivity index (χ1n) is 7.65. The van der Waals surface area contributed by atoms with Crippen LogP contribution in [0, 0.1) is 0 Å². The maximum Gasteiger partial charge on any atom is 0.134 e. The molecule has 112 valence electrons. The van der Waals surface area contributed by atoms with Crippen molar-refractivity contribution in [3.05, 3.63) is 22.8 Å². The quantitative estimate of drug-likeness (QED) is 0.780. The van der Waals surface area contributed by atoms with Crippen molar-refractivity contribution in [2.75, 3.05) is 0 Å². The van der Waals surface area contributed by atoms with E-state index in [0.717, 1.165) is 18.9 Å². The summed E-state index contributed by atoms with van der Waals surface area (Å²) in [7, 11) is 0. The first-order valence-corrected chi connectivity index (χ1v) is 7.65. The molecule has 1 aliphatic heterocycles. The highest BCUT2D eigenvalue weighted by molar-refractivity contribution is 5.34. The van der Waals surface area contributed by atoms with E-state index in [1.807, 2.05) is 0 Å². The van der Waals surface area contributed by atoms with E-state index in [4.69, 9.17) is 9.97 Å². The lowest BCUT2D eigenvalue weighted by atomic mass is 9.87. The maximum atomic E-state index is 4.94. The van der Waals surface area contributed by atoms with Crippen molar-refractivity contribution in [2.24, 2.45) is 0 Å². The van der Waals surface area contributed by atoms with E-state index in [-0.39, 0.29) is 10.8 Å². The summed E-state index contributed by atoms with van der Waals surface area (Å²) < 4.78 is 0. The lowest BCUT2D eigenvalue weighted by Gasteiger charge is -2.25. The molecule has 0 amide bonds. The van der Waals surface area contributed by atoms with Gasteiger partial charge in [0.1, 0.15) is 5.82 Å². The van der Waals surface area contributed by atoms with Gasteiger partial charge in [-0.25, -0.2) is 9.97 Å². The van der Waals surface area contributed by atoms with Crippen LogP contribution in [-0.4, -0.2) is 20.9 Å². The molecule has 1 aliphatic rings. The van der Waals surface area contributed by atoms with Crippen molar-refractivity contribution in [2.45, 2.75) is 85.4 Å². The molecule has 0 aliphatic carbocycles. The normalized spacial score (nSPS) is 16.9. The van der Waals surface area contributed by atoms with E-state index in [1.165, 1.54) is 17.0 Å². The molecule has 0 bridgehead atoms. The van der Waals surface area contributed by atoms with Crippen LogP contribution in [0.3, 0.4) is 0 Å². The van der Waals surface area contributed by atoms with Crippen LogP contribution < -0.4 is 0 Å². The van der Waals surface area contributed by atoms with Gasteiger partial charge in [0, 0.05) is 35.5 Å². The predicted molar refractivity (Wildman–Crippen MR) is 83.8 cm³/mol. The van der Waals surface area contributed by atoms with E-state index >= 15 is 0 Å². The van der Waals surface area contributed by atoms with Gasteiger partial charge in [-0.2, -0.15) is 0 Å². The van der Waals surface area contributed by atoms with Crippen LogP contribution in [0.1, 0.15) is 78.2 Å². The zero-order valence-electron chi connectivity index (χ0n) is 14.3. The number of aromatic nitrogens is 2. The summed E-state index contributed by atoms with van der Waals surface area (Å²) >= 11 is 0. The summed E-state index contributed by atoms with van der Waals surface area (Å²) in [5.41, 5.74) is 3.90. The molecule has 0 N–H and O–H groups in total. The summed E-state index contributed by atoms with van der Waals surface area (Å²) in [6.45, 7) is 19.8. The highest BCUT2D eigenvalue weighted by Gasteiger charge is 2.32. The van der Waals surface area contributed by atoms with Gasteiger partial charge < -0.3 is 0 Å². The Morgan fingerprint density at radius 1 is 0.900 bits per heavy atom. The second-order valence-corrected chi connectivity index (χ2v) is 8.32. The van der Waals surface area contributed by atoms with Crippen molar-refractivity contribution in [3.63, 3.8) is 0 Å². The van der Waals surface area contributed by atoms with Crippen LogP contribution in [0.15, 0.2) is 0 Å². The third-order valence-electron chi connectivity index (χ3n) is 3.92. The van der Waals surface area contributed by atoms with Crippen LogP contribution >= 0.6 is 0 Å². The SMILES string of the molecule is CC(C)N1Cc2nc(C(C)(C)C)nc(C(C)(C)C)c2C1. The van der Waals surface area contributed by atoms with Crippen molar-refractivity contribution in [1.82, 2.24) is 14.9 Å². The molecular weight excluding hydrogens is 246 g/mol. The fraction of sp³-hybridized carbons (Fsp3) is 0.765. The minimum Gasteiger partial charge on any atom is -0.291 e. The Morgan fingerprint density at radius 2 is 1.50 bits per heavy atom. The fourth-order valence-electron chi connectivity index (χ4n) is 2.60. The van der Waals surface area contributed by atoms with Gasteiger partial charge >= 0.3 is 0 Å².